The van der Waals surface area contributed by atoms with Gasteiger partial charge in [0, 0.05) is 70.7 Å². The van der Waals surface area contributed by atoms with Crippen molar-refractivity contribution in [2.75, 3.05) is 65.4 Å². The van der Waals surface area contributed by atoms with Crippen molar-refractivity contribution >= 4 is 15.9 Å². The molecule has 11 heteroatoms. The SMILES string of the molecule is COCCN1[C@@H]2CCN(Cc3cnn(C)c3C)C[C@@]2(C(=O)N2CCOCC2)CCS1(=O)=O. The number of aromatic nitrogens is 2. The van der Waals surface area contributed by atoms with Gasteiger partial charge in [0.05, 0.1) is 37.2 Å². The highest BCUT2D eigenvalue weighted by atomic mass is 32.2. The summed E-state index contributed by atoms with van der Waals surface area (Å²) in [6, 6.07) is -0.349. The second-order valence-corrected chi connectivity index (χ2v) is 11.2. The minimum Gasteiger partial charge on any atom is -0.383 e. The fraction of sp³-hybridized carbons (Fsp3) is 0.810. The predicted octanol–water partition coefficient (Wildman–Crippen LogP) is -0.170. The van der Waals surface area contributed by atoms with Crippen LogP contribution in [0.2, 0.25) is 0 Å². The number of aryl methyl sites for hydroxylation is 1. The zero-order valence-electron chi connectivity index (χ0n) is 19.3. The van der Waals surface area contributed by atoms with Crippen LogP contribution in [0.5, 0.6) is 0 Å². The number of carbonyl (C=O) groups is 1. The van der Waals surface area contributed by atoms with E-state index >= 15 is 0 Å². The molecule has 32 heavy (non-hydrogen) atoms. The summed E-state index contributed by atoms with van der Waals surface area (Å²) in [7, 11) is 0.0735. The average molecular weight is 470 g/mol. The number of hydrogen-bond acceptors (Lipinski definition) is 7. The van der Waals surface area contributed by atoms with E-state index in [9.17, 15) is 13.2 Å². The maximum atomic E-state index is 14.0. The van der Waals surface area contributed by atoms with Crippen LogP contribution >= 0.6 is 0 Å². The quantitative estimate of drug-likeness (QED) is 0.571. The summed E-state index contributed by atoms with van der Waals surface area (Å²) in [4.78, 5) is 18.2. The van der Waals surface area contributed by atoms with Crippen molar-refractivity contribution < 1.29 is 22.7 Å². The number of likely N-dealkylation sites (tertiary alicyclic amines) is 1. The number of ether oxygens (including phenoxy) is 2. The third-order valence-corrected chi connectivity index (χ3v) is 9.22. The van der Waals surface area contributed by atoms with Crippen molar-refractivity contribution in [3.05, 3.63) is 17.5 Å². The van der Waals surface area contributed by atoms with Gasteiger partial charge in [0.25, 0.3) is 0 Å². The summed E-state index contributed by atoms with van der Waals surface area (Å²) < 4.78 is 40.1. The Bertz CT molecular complexity index is 929. The van der Waals surface area contributed by atoms with Crippen molar-refractivity contribution in [1.29, 1.82) is 0 Å². The van der Waals surface area contributed by atoms with Crippen molar-refractivity contribution in [3.63, 3.8) is 0 Å². The fourth-order valence-corrected chi connectivity index (χ4v) is 7.31. The molecule has 0 saturated carbocycles. The molecule has 0 aromatic carbocycles. The van der Waals surface area contributed by atoms with E-state index in [2.05, 4.69) is 10.00 Å². The smallest absolute Gasteiger partial charge is 0.231 e. The first-order chi connectivity index (χ1) is 15.3. The summed E-state index contributed by atoms with van der Waals surface area (Å²) in [5, 5.41) is 4.35. The molecule has 2 atom stereocenters. The zero-order valence-corrected chi connectivity index (χ0v) is 20.1. The van der Waals surface area contributed by atoms with Gasteiger partial charge < -0.3 is 14.4 Å². The molecule has 3 saturated heterocycles. The third-order valence-electron chi connectivity index (χ3n) is 7.34. The van der Waals surface area contributed by atoms with Gasteiger partial charge in [0.15, 0.2) is 0 Å². The monoisotopic (exact) mass is 469 g/mol. The van der Waals surface area contributed by atoms with E-state index in [1.165, 1.54) is 0 Å². The Morgan fingerprint density at radius 1 is 1.31 bits per heavy atom. The van der Waals surface area contributed by atoms with Crippen molar-refractivity contribution in [1.82, 2.24) is 23.9 Å². The molecule has 4 rings (SSSR count). The highest BCUT2D eigenvalue weighted by Gasteiger charge is 2.58. The highest BCUT2D eigenvalue weighted by Crippen LogP contribution is 2.44. The lowest BCUT2D eigenvalue weighted by molar-refractivity contribution is -0.155. The second-order valence-electron chi connectivity index (χ2n) is 9.12. The maximum Gasteiger partial charge on any atom is 0.231 e. The largest absolute Gasteiger partial charge is 0.383 e. The average Bonchev–Trinajstić information content (AvgIpc) is 3.10. The molecular formula is C21H35N5O5S. The van der Waals surface area contributed by atoms with Gasteiger partial charge in [-0.15, -0.1) is 0 Å². The number of rotatable bonds is 6. The standard InChI is InChI=1S/C21H35N5O5S/c1-17-18(14-22-23(17)2)15-24-6-4-19-21(16-24,20(27)25-7-11-31-12-8-25)5-13-32(28,29)26(19)9-10-30-3/h14,19H,4-13,15-16H2,1-3H3/t19-,21+/m1/s1. The molecule has 0 N–H and O–H groups in total. The summed E-state index contributed by atoms with van der Waals surface area (Å²) in [5.41, 5.74) is 1.48. The number of sulfonamides is 1. The Kier molecular flexibility index (Phi) is 6.92. The molecule has 0 aliphatic carbocycles. The van der Waals surface area contributed by atoms with Crippen LogP contribution in [-0.4, -0.2) is 110 Å². The number of fused-ring (bicyclic) bond motifs is 1. The minimum atomic E-state index is -3.42. The molecule has 3 fully saturated rings. The molecule has 3 aliphatic rings. The Morgan fingerprint density at radius 2 is 2.06 bits per heavy atom. The van der Waals surface area contributed by atoms with E-state index < -0.39 is 15.4 Å². The summed E-state index contributed by atoms with van der Waals surface area (Å²) in [6.07, 6.45) is 2.86. The minimum absolute atomic E-state index is 0.0109. The molecule has 0 radical (unpaired) electrons. The highest BCUT2D eigenvalue weighted by molar-refractivity contribution is 7.89. The van der Waals surface area contributed by atoms with Crippen molar-refractivity contribution in [2.24, 2.45) is 12.5 Å². The van der Waals surface area contributed by atoms with E-state index in [0.29, 0.717) is 58.8 Å². The first-order valence-electron chi connectivity index (χ1n) is 11.3. The number of piperidine rings is 1. The molecule has 0 unspecified atom stereocenters. The van der Waals surface area contributed by atoms with Gasteiger partial charge in [-0.3, -0.25) is 14.4 Å². The van der Waals surface area contributed by atoms with Gasteiger partial charge in [-0.2, -0.15) is 9.40 Å². The van der Waals surface area contributed by atoms with Crippen LogP contribution in [0.1, 0.15) is 24.1 Å². The first-order valence-corrected chi connectivity index (χ1v) is 12.9. The zero-order chi connectivity index (χ0) is 22.9. The summed E-state index contributed by atoms with van der Waals surface area (Å²) >= 11 is 0. The van der Waals surface area contributed by atoms with Crippen LogP contribution < -0.4 is 0 Å². The molecule has 0 spiro atoms. The van der Waals surface area contributed by atoms with Gasteiger partial charge in [0.1, 0.15) is 0 Å². The molecule has 10 nitrogen and oxygen atoms in total. The predicted molar refractivity (Wildman–Crippen MR) is 118 cm³/mol. The molecule has 1 aromatic heterocycles. The second kappa shape index (κ2) is 9.38. The van der Waals surface area contributed by atoms with Crippen LogP contribution in [0.15, 0.2) is 6.20 Å². The van der Waals surface area contributed by atoms with Crippen LogP contribution in [0.4, 0.5) is 0 Å². The van der Waals surface area contributed by atoms with Crippen LogP contribution in [0.3, 0.4) is 0 Å². The van der Waals surface area contributed by atoms with E-state index in [1.54, 1.807) is 11.4 Å². The lowest BCUT2D eigenvalue weighted by Gasteiger charge is -2.54. The normalized spacial score (nSPS) is 29.1. The summed E-state index contributed by atoms with van der Waals surface area (Å²) in [6.45, 7) is 6.78. The number of methoxy groups -OCH3 is 1. The molecule has 4 heterocycles. The van der Waals surface area contributed by atoms with Gasteiger partial charge in [0.2, 0.25) is 15.9 Å². The molecule has 1 aromatic rings. The van der Waals surface area contributed by atoms with E-state index in [0.717, 1.165) is 17.8 Å². The van der Waals surface area contributed by atoms with E-state index in [-0.39, 0.29) is 24.2 Å². The molecule has 1 amide bonds. The van der Waals surface area contributed by atoms with E-state index in [1.807, 2.05) is 29.7 Å². The molecule has 3 aliphatic heterocycles. The molecule has 180 valence electrons. The lowest BCUT2D eigenvalue weighted by atomic mass is 9.71. The summed E-state index contributed by atoms with van der Waals surface area (Å²) in [5.74, 6) is 0.0546. The maximum absolute atomic E-state index is 14.0. The lowest BCUT2D eigenvalue weighted by Crippen LogP contribution is -2.69. The van der Waals surface area contributed by atoms with Gasteiger partial charge in [-0.1, -0.05) is 0 Å². The third kappa shape index (κ3) is 4.33. The van der Waals surface area contributed by atoms with Crippen LogP contribution in [-0.2, 0) is 37.9 Å². The van der Waals surface area contributed by atoms with Crippen molar-refractivity contribution in [2.45, 2.75) is 32.4 Å². The Balaban J connectivity index is 1.65. The Hall–Kier alpha value is -1.53. The van der Waals surface area contributed by atoms with Crippen LogP contribution in [0.25, 0.3) is 0 Å². The Morgan fingerprint density at radius 3 is 2.72 bits per heavy atom. The van der Waals surface area contributed by atoms with Crippen LogP contribution in [0, 0.1) is 12.3 Å². The number of morpholine rings is 1. The molecular weight excluding hydrogens is 434 g/mol. The van der Waals surface area contributed by atoms with Gasteiger partial charge in [-0.05, 0) is 19.8 Å². The number of nitrogens with zero attached hydrogens (tertiary/aromatic N) is 5. The number of hydrogen-bond donors (Lipinski definition) is 0. The fourth-order valence-electron chi connectivity index (χ4n) is 5.40. The first kappa shape index (κ1) is 23.6. The van der Waals surface area contributed by atoms with E-state index in [4.69, 9.17) is 9.47 Å². The molecule has 0 bridgehead atoms. The number of carbonyl (C=O) groups excluding carboxylic acids is 1. The van der Waals surface area contributed by atoms with Gasteiger partial charge in [-0.25, -0.2) is 8.42 Å². The topological polar surface area (TPSA) is 97.2 Å². The Labute approximate surface area is 190 Å². The number of amides is 1. The van der Waals surface area contributed by atoms with Gasteiger partial charge >= 0.3 is 0 Å². The van der Waals surface area contributed by atoms with Crippen molar-refractivity contribution in [3.8, 4) is 0 Å².